The van der Waals surface area contributed by atoms with Crippen LogP contribution in [-0.2, 0) is 14.3 Å². The van der Waals surface area contributed by atoms with Crippen molar-refractivity contribution in [2.45, 2.75) is 38.8 Å². The summed E-state index contributed by atoms with van der Waals surface area (Å²) in [5, 5.41) is 11.6. The first-order valence-electron chi connectivity index (χ1n) is 5.59. The first-order chi connectivity index (χ1) is 7.79. The summed E-state index contributed by atoms with van der Waals surface area (Å²) < 4.78 is 10.2. The topological polar surface area (TPSA) is 84.9 Å². The van der Waals surface area contributed by atoms with E-state index in [0.717, 1.165) is 0 Å². The Bertz CT molecular complexity index is 297. The molecule has 0 radical (unpaired) electrons. The van der Waals surface area contributed by atoms with E-state index in [1.54, 1.807) is 20.8 Å². The van der Waals surface area contributed by atoms with Crippen LogP contribution in [0.5, 0.6) is 0 Å². The van der Waals surface area contributed by atoms with Crippen molar-refractivity contribution in [1.29, 1.82) is 0 Å². The van der Waals surface area contributed by atoms with Crippen molar-refractivity contribution in [2.75, 3.05) is 13.2 Å². The van der Waals surface area contributed by atoms with Crippen LogP contribution in [-0.4, -0.2) is 42.0 Å². The second-order valence-corrected chi connectivity index (χ2v) is 5.06. The molecule has 2 N–H and O–H groups in total. The highest BCUT2D eigenvalue weighted by Crippen LogP contribution is 2.16. The Morgan fingerprint density at radius 2 is 2.06 bits per heavy atom. The van der Waals surface area contributed by atoms with Crippen molar-refractivity contribution in [3.8, 4) is 0 Å². The molecule has 1 aliphatic heterocycles. The quantitative estimate of drug-likeness (QED) is 0.758. The van der Waals surface area contributed by atoms with Crippen molar-refractivity contribution in [2.24, 2.45) is 5.92 Å². The van der Waals surface area contributed by atoms with Gasteiger partial charge < -0.3 is 19.9 Å². The van der Waals surface area contributed by atoms with Crippen LogP contribution in [0, 0.1) is 5.92 Å². The Morgan fingerprint density at radius 3 is 2.59 bits per heavy atom. The van der Waals surface area contributed by atoms with Gasteiger partial charge in [0.1, 0.15) is 11.5 Å². The van der Waals surface area contributed by atoms with Crippen molar-refractivity contribution < 1.29 is 24.2 Å². The molecule has 17 heavy (non-hydrogen) atoms. The Morgan fingerprint density at radius 1 is 1.41 bits per heavy atom. The number of carboxylic acids is 1. The van der Waals surface area contributed by atoms with E-state index in [2.05, 4.69) is 5.32 Å². The van der Waals surface area contributed by atoms with E-state index in [1.807, 2.05) is 0 Å². The summed E-state index contributed by atoms with van der Waals surface area (Å²) in [4.78, 5) is 22.5. The number of carbonyl (C=O) groups excluding carboxylic acids is 1. The van der Waals surface area contributed by atoms with Gasteiger partial charge in [0.15, 0.2) is 0 Å². The number of nitrogens with one attached hydrogen (secondary N) is 1. The minimum atomic E-state index is -0.967. The molecule has 0 aromatic rings. The normalized spacial score (nSPS) is 25.1. The predicted molar refractivity (Wildman–Crippen MR) is 59.7 cm³/mol. The Kier molecular flexibility index (Phi) is 4.34. The molecule has 0 saturated carbocycles. The van der Waals surface area contributed by atoms with Crippen LogP contribution in [0.4, 0.5) is 4.79 Å². The van der Waals surface area contributed by atoms with E-state index in [0.29, 0.717) is 13.0 Å². The van der Waals surface area contributed by atoms with E-state index >= 15 is 0 Å². The third kappa shape index (κ3) is 4.60. The van der Waals surface area contributed by atoms with Crippen LogP contribution in [0.1, 0.15) is 27.2 Å². The molecule has 0 aromatic heterocycles. The first kappa shape index (κ1) is 13.8. The number of amides is 1. The zero-order valence-electron chi connectivity index (χ0n) is 10.4. The molecule has 6 heteroatoms. The van der Waals surface area contributed by atoms with Gasteiger partial charge in [-0.25, -0.2) is 4.79 Å². The third-order valence-corrected chi connectivity index (χ3v) is 2.38. The Labute approximate surface area is 100 Å². The molecular weight excluding hydrogens is 226 g/mol. The van der Waals surface area contributed by atoms with Gasteiger partial charge in [0.25, 0.3) is 0 Å². The fourth-order valence-corrected chi connectivity index (χ4v) is 1.61. The lowest BCUT2D eigenvalue weighted by Crippen LogP contribution is -2.49. The summed E-state index contributed by atoms with van der Waals surface area (Å²) in [7, 11) is 0. The van der Waals surface area contributed by atoms with E-state index in [4.69, 9.17) is 14.6 Å². The van der Waals surface area contributed by atoms with Crippen LogP contribution in [0.3, 0.4) is 0 Å². The maximum atomic E-state index is 11.5. The van der Waals surface area contributed by atoms with Crippen molar-refractivity contribution in [3.63, 3.8) is 0 Å². The molecule has 0 spiro atoms. The first-order valence-corrected chi connectivity index (χ1v) is 5.59. The number of aliphatic carboxylic acids is 1. The number of alkyl carbamates (subject to hydrolysis) is 1. The Balaban J connectivity index is 2.53. The van der Waals surface area contributed by atoms with Crippen LogP contribution in [0.2, 0.25) is 0 Å². The summed E-state index contributed by atoms with van der Waals surface area (Å²) in [5.41, 5.74) is -0.589. The molecule has 0 bridgehead atoms. The number of rotatable bonds is 2. The Hall–Kier alpha value is -1.30. The molecule has 1 heterocycles. The van der Waals surface area contributed by atoms with Crippen molar-refractivity contribution in [3.05, 3.63) is 0 Å². The lowest BCUT2D eigenvalue weighted by molar-refractivity contribution is -0.147. The standard InChI is InChI=1S/C11H19NO5/c1-11(2,3)17-10(15)12-8-4-5-16-6-7(8)9(13)14/h7-8H,4-6H2,1-3H3,(H,12,15)(H,13,14)/t7-,8+/m1/s1. The van der Waals surface area contributed by atoms with Gasteiger partial charge in [0.05, 0.1) is 6.61 Å². The third-order valence-electron chi connectivity index (χ3n) is 2.38. The maximum absolute atomic E-state index is 11.5. The van der Waals surface area contributed by atoms with Crippen LogP contribution >= 0.6 is 0 Å². The largest absolute Gasteiger partial charge is 0.481 e. The van der Waals surface area contributed by atoms with E-state index in [9.17, 15) is 9.59 Å². The molecule has 1 fully saturated rings. The van der Waals surface area contributed by atoms with E-state index in [1.165, 1.54) is 0 Å². The van der Waals surface area contributed by atoms with Gasteiger partial charge in [-0.15, -0.1) is 0 Å². The molecule has 98 valence electrons. The van der Waals surface area contributed by atoms with Crippen LogP contribution < -0.4 is 5.32 Å². The second-order valence-electron chi connectivity index (χ2n) is 5.06. The highest BCUT2D eigenvalue weighted by atomic mass is 16.6. The van der Waals surface area contributed by atoms with Gasteiger partial charge >= 0.3 is 12.1 Å². The van der Waals surface area contributed by atoms with E-state index < -0.39 is 29.6 Å². The minimum Gasteiger partial charge on any atom is -0.481 e. The molecule has 1 aliphatic rings. The van der Waals surface area contributed by atoms with Crippen LogP contribution in [0.15, 0.2) is 0 Å². The van der Waals surface area contributed by atoms with Gasteiger partial charge in [0, 0.05) is 12.6 Å². The lowest BCUT2D eigenvalue weighted by atomic mass is 9.96. The molecule has 0 aromatic carbocycles. The number of ether oxygens (including phenoxy) is 2. The van der Waals surface area contributed by atoms with Gasteiger partial charge in [-0.2, -0.15) is 0 Å². The molecule has 0 unspecified atom stereocenters. The summed E-state index contributed by atoms with van der Waals surface area (Å²) in [6, 6.07) is -0.434. The fraction of sp³-hybridized carbons (Fsp3) is 0.818. The maximum Gasteiger partial charge on any atom is 0.407 e. The number of carbonyl (C=O) groups is 2. The zero-order chi connectivity index (χ0) is 13.1. The molecule has 6 nitrogen and oxygen atoms in total. The summed E-state index contributed by atoms with van der Waals surface area (Å²) in [5.74, 6) is -1.68. The van der Waals surface area contributed by atoms with E-state index in [-0.39, 0.29) is 6.61 Å². The van der Waals surface area contributed by atoms with Crippen LogP contribution in [0.25, 0.3) is 0 Å². The van der Waals surface area contributed by atoms with Gasteiger partial charge in [-0.3, -0.25) is 4.79 Å². The molecule has 2 atom stereocenters. The summed E-state index contributed by atoms with van der Waals surface area (Å²) >= 11 is 0. The molecule has 1 amide bonds. The second kappa shape index (κ2) is 5.35. The average Bonchev–Trinajstić information content (AvgIpc) is 2.14. The highest BCUT2D eigenvalue weighted by molar-refractivity contribution is 5.74. The molecule has 0 aliphatic carbocycles. The van der Waals surface area contributed by atoms with Crippen molar-refractivity contribution in [1.82, 2.24) is 5.32 Å². The van der Waals surface area contributed by atoms with Crippen molar-refractivity contribution >= 4 is 12.1 Å². The smallest absolute Gasteiger partial charge is 0.407 e. The number of carboxylic acid groups (broad SMARTS) is 1. The predicted octanol–water partition coefficient (Wildman–Crippen LogP) is 1.00. The van der Waals surface area contributed by atoms with Gasteiger partial charge in [-0.1, -0.05) is 0 Å². The monoisotopic (exact) mass is 245 g/mol. The molecule has 1 rings (SSSR count). The summed E-state index contributed by atoms with van der Waals surface area (Å²) in [6.07, 6.45) is -0.105. The average molecular weight is 245 g/mol. The van der Waals surface area contributed by atoms with Gasteiger partial charge in [0.2, 0.25) is 0 Å². The highest BCUT2D eigenvalue weighted by Gasteiger charge is 2.33. The lowest BCUT2D eigenvalue weighted by Gasteiger charge is -2.30. The zero-order valence-corrected chi connectivity index (χ0v) is 10.4. The summed E-state index contributed by atoms with van der Waals surface area (Å²) in [6.45, 7) is 5.84. The molecule has 1 saturated heterocycles. The minimum absolute atomic E-state index is 0.121. The number of hydrogen-bond donors (Lipinski definition) is 2. The SMILES string of the molecule is CC(C)(C)OC(=O)N[C@H]1CCOC[C@H]1C(=O)O. The number of hydrogen-bond acceptors (Lipinski definition) is 4. The fourth-order valence-electron chi connectivity index (χ4n) is 1.61. The molecular formula is C11H19NO5. The van der Waals surface area contributed by atoms with Gasteiger partial charge in [-0.05, 0) is 27.2 Å².